The average molecular weight is 389 g/mol. The molecular weight excluding hydrogens is 368 g/mol. The van der Waals surface area contributed by atoms with Crippen molar-refractivity contribution in [2.75, 3.05) is 17.3 Å². The molecule has 1 aliphatic rings. The molecule has 1 amide bonds. The first-order chi connectivity index (χ1) is 12.6. The topological polar surface area (TPSA) is 76.5 Å². The largest absolute Gasteiger partial charge is 0.489 e. The zero-order valence-corrected chi connectivity index (χ0v) is 16.3. The van der Waals surface area contributed by atoms with Gasteiger partial charge in [-0.2, -0.15) is 16.9 Å². The Morgan fingerprint density at radius 3 is 2.62 bits per heavy atom. The zero-order valence-electron chi connectivity index (χ0n) is 14.6. The van der Waals surface area contributed by atoms with Crippen LogP contribution < -0.4 is 10.2 Å². The highest BCUT2D eigenvalue weighted by molar-refractivity contribution is 8.00. The lowest BCUT2D eigenvalue weighted by Gasteiger charge is -2.25. The van der Waals surface area contributed by atoms with Gasteiger partial charge in [-0.05, 0) is 49.7 Å². The van der Waals surface area contributed by atoms with Crippen molar-refractivity contribution < 1.29 is 9.53 Å². The van der Waals surface area contributed by atoms with E-state index in [2.05, 4.69) is 20.5 Å². The van der Waals surface area contributed by atoms with Gasteiger partial charge in [0.05, 0.1) is 12.0 Å². The number of carbonyl (C=O) groups is 1. The van der Waals surface area contributed by atoms with E-state index in [1.54, 1.807) is 6.21 Å². The summed E-state index contributed by atoms with van der Waals surface area (Å²) in [6.45, 7) is 3.81. The summed E-state index contributed by atoms with van der Waals surface area (Å²) < 4.78 is 5.79. The Morgan fingerprint density at radius 2 is 2.00 bits per heavy atom. The second-order valence-electron chi connectivity index (χ2n) is 5.86. The molecule has 0 unspecified atom stereocenters. The van der Waals surface area contributed by atoms with Gasteiger partial charge < -0.3 is 4.74 Å². The number of hydrogen-bond donors (Lipinski definition) is 1. The Labute approximate surface area is 161 Å². The molecule has 1 fully saturated rings. The van der Waals surface area contributed by atoms with E-state index >= 15 is 0 Å². The fourth-order valence-corrected chi connectivity index (χ4v) is 3.51. The molecule has 0 bridgehead atoms. The third kappa shape index (κ3) is 5.74. The van der Waals surface area contributed by atoms with Crippen LogP contribution in [-0.4, -0.2) is 45.5 Å². The van der Waals surface area contributed by atoms with Crippen LogP contribution in [0.1, 0.15) is 17.0 Å². The van der Waals surface area contributed by atoms with E-state index in [1.165, 1.54) is 11.8 Å². The predicted octanol–water partition coefficient (Wildman–Crippen LogP) is 2.83. The molecule has 1 N–H and O–H groups in total. The molecule has 8 heteroatoms. The maximum absolute atomic E-state index is 11.9. The van der Waals surface area contributed by atoms with E-state index < -0.39 is 0 Å². The monoisotopic (exact) mass is 388 g/mol. The summed E-state index contributed by atoms with van der Waals surface area (Å²) in [5.41, 5.74) is 5.19. The molecular formula is C18H20N4O2S2. The van der Waals surface area contributed by atoms with Crippen molar-refractivity contribution in [2.45, 2.75) is 25.1 Å². The Kier molecular flexibility index (Phi) is 6.51. The summed E-state index contributed by atoms with van der Waals surface area (Å²) in [7, 11) is 0. The number of hydrazone groups is 1. The highest BCUT2D eigenvalue weighted by atomic mass is 32.2. The standard InChI is InChI=1S/C18H20N4O2S2/c1-12-7-13(2)21-18(20-12)26-11-17(23)22-19-8-14-3-5-15(6-4-14)24-16-9-25-10-16/h3-8,16H,9-11H2,1-2H3,(H,22,23)/b19-8+. The minimum Gasteiger partial charge on any atom is -0.489 e. The van der Waals surface area contributed by atoms with Crippen molar-refractivity contribution in [1.29, 1.82) is 0 Å². The number of aromatic nitrogens is 2. The lowest BCUT2D eigenvalue weighted by molar-refractivity contribution is -0.118. The van der Waals surface area contributed by atoms with Gasteiger partial charge in [0.1, 0.15) is 11.9 Å². The van der Waals surface area contributed by atoms with Crippen molar-refractivity contribution in [1.82, 2.24) is 15.4 Å². The number of benzene rings is 1. The first-order valence-electron chi connectivity index (χ1n) is 8.20. The number of carbonyl (C=O) groups excluding carboxylic acids is 1. The summed E-state index contributed by atoms with van der Waals surface area (Å²) in [6, 6.07) is 9.55. The van der Waals surface area contributed by atoms with Gasteiger partial charge in [-0.3, -0.25) is 4.79 Å². The number of thioether (sulfide) groups is 2. The predicted molar refractivity (Wildman–Crippen MR) is 106 cm³/mol. The maximum Gasteiger partial charge on any atom is 0.250 e. The van der Waals surface area contributed by atoms with Crippen LogP contribution in [0.4, 0.5) is 0 Å². The Morgan fingerprint density at radius 1 is 1.31 bits per heavy atom. The third-order valence-electron chi connectivity index (χ3n) is 3.49. The van der Waals surface area contributed by atoms with Gasteiger partial charge >= 0.3 is 0 Å². The molecule has 1 aromatic carbocycles. The minimum absolute atomic E-state index is 0.198. The SMILES string of the molecule is Cc1cc(C)nc(SCC(=O)N/N=C/c2ccc(OC3CSC3)cc2)n1. The number of ether oxygens (including phenoxy) is 1. The third-order valence-corrected chi connectivity index (χ3v) is 5.55. The molecule has 6 nitrogen and oxygen atoms in total. The number of nitrogens with zero attached hydrogens (tertiary/aromatic N) is 3. The molecule has 2 aromatic rings. The van der Waals surface area contributed by atoms with E-state index in [-0.39, 0.29) is 11.7 Å². The van der Waals surface area contributed by atoms with Gasteiger partial charge in [-0.1, -0.05) is 11.8 Å². The smallest absolute Gasteiger partial charge is 0.250 e. The molecule has 3 rings (SSSR count). The van der Waals surface area contributed by atoms with E-state index in [9.17, 15) is 4.79 Å². The fourth-order valence-electron chi connectivity index (χ4n) is 2.21. The molecule has 1 aliphatic heterocycles. The van der Waals surface area contributed by atoms with Crippen LogP contribution in [0.25, 0.3) is 0 Å². The molecule has 0 aliphatic carbocycles. The van der Waals surface area contributed by atoms with Crippen molar-refractivity contribution in [3.63, 3.8) is 0 Å². The van der Waals surface area contributed by atoms with Crippen molar-refractivity contribution >= 4 is 35.6 Å². The second kappa shape index (κ2) is 9.05. The Hall–Kier alpha value is -2.06. The van der Waals surface area contributed by atoms with Crippen molar-refractivity contribution in [2.24, 2.45) is 5.10 Å². The van der Waals surface area contributed by atoms with E-state index in [0.717, 1.165) is 34.2 Å². The lowest BCUT2D eigenvalue weighted by atomic mass is 10.2. The molecule has 136 valence electrons. The maximum atomic E-state index is 11.9. The van der Waals surface area contributed by atoms with Crippen LogP contribution in [0.2, 0.25) is 0 Å². The number of hydrogen-bond acceptors (Lipinski definition) is 7. The van der Waals surface area contributed by atoms with Crippen LogP contribution in [0.3, 0.4) is 0 Å². The van der Waals surface area contributed by atoms with E-state index in [1.807, 2.05) is 55.9 Å². The van der Waals surface area contributed by atoms with Crippen LogP contribution in [0, 0.1) is 13.8 Å². The van der Waals surface area contributed by atoms with Gasteiger partial charge in [0.25, 0.3) is 5.91 Å². The van der Waals surface area contributed by atoms with Crippen LogP contribution in [-0.2, 0) is 4.79 Å². The number of nitrogens with one attached hydrogen (secondary N) is 1. The van der Waals surface area contributed by atoms with Crippen molar-refractivity contribution in [3.8, 4) is 5.75 Å². The molecule has 2 heterocycles. The lowest BCUT2D eigenvalue weighted by Crippen LogP contribution is -2.30. The van der Waals surface area contributed by atoms with E-state index in [0.29, 0.717) is 11.3 Å². The average Bonchev–Trinajstić information content (AvgIpc) is 2.57. The van der Waals surface area contributed by atoms with Gasteiger partial charge in [0.2, 0.25) is 0 Å². The first kappa shape index (κ1) is 18.7. The van der Waals surface area contributed by atoms with Crippen molar-refractivity contribution in [3.05, 3.63) is 47.3 Å². The number of aryl methyl sites for hydroxylation is 2. The van der Waals surface area contributed by atoms with E-state index in [4.69, 9.17) is 4.74 Å². The summed E-state index contributed by atoms with van der Waals surface area (Å²) >= 11 is 3.18. The molecule has 0 spiro atoms. The quantitative estimate of drug-likeness (QED) is 0.340. The molecule has 1 aromatic heterocycles. The number of rotatable bonds is 7. The highest BCUT2D eigenvalue weighted by Crippen LogP contribution is 2.23. The van der Waals surface area contributed by atoms with Gasteiger partial charge in [0, 0.05) is 22.9 Å². The van der Waals surface area contributed by atoms with Crippen LogP contribution >= 0.6 is 23.5 Å². The highest BCUT2D eigenvalue weighted by Gasteiger charge is 2.19. The van der Waals surface area contributed by atoms with Gasteiger partial charge in [0.15, 0.2) is 5.16 Å². The first-order valence-corrected chi connectivity index (χ1v) is 10.3. The summed E-state index contributed by atoms with van der Waals surface area (Å²) in [4.78, 5) is 20.5. The van der Waals surface area contributed by atoms with Gasteiger partial charge in [-0.25, -0.2) is 15.4 Å². The second-order valence-corrected chi connectivity index (χ2v) is 7.88. The molecule has 0 saturated carbocycles. The molecule has 0 atom stereocenters. The van der Waals surface area contributed by atoms with Crippen LogP contribution in [0.5, 0.6) is 5.75 Å². The Balaban J connectivity index is 1.43. The number of amides is 1. The molecule has 0 radical (unpaired) electrons. The normalized spacial score (nSPS) is 14.2. The Bertz CT molecular complexity index is 772. The van der Waals surface area contributed by atoms with Crippen LogP contribution in [0.15, 0.2) is 40.6 Å². The summed E-state index contributed by atoms with van der Waals surface area (Å²) in [6.07, 6.45) is 1.94. The van der Waals surface area contributed by atoms with Gasteiger partial charge in [-0.15, -0.1) is 0 Å². The minimum atomic E-state index is -0.198. The summed E-state index contributed by atoms with van der Waals surface area (Å²) in [5, 5.41) is 4.58. The fraction of sp³-hybridized carbons (Fsp3) is 0.333. The molecule has 26 heavy (non-hydrogen) atoms. The molecule has 1 saturated heterocycles. The summed E-state index contributed by atoms with van der Waals surface area (Å²) in [5.74, 6) is 2.99. The zero-order chi connectivity index (χ0) is 18.4.